The van der Waals surface area contributed by atoms with Crippen molar-refractivity contribution in [3.8, 4) is 0 Å². The molecule has 0 fully saturated rings. The lowest BCUT2D eigenvalue weighted by Gasteiger charge is -1.98. The van der Waals surface area contributed by atoms with Crippen molar-refractivity contribution in [2.24, 2.45) is 0 Å². The van der Waals surface area contributed by atoms with Gasteiger partial charge >= 0.3 is 10.1 Å². The fourth-order valence-electron chi connectivity index (χ4n) is 0.660. The maximum absolute atomic E-state index is 10.7. The van der Waals surface area contributed by atoms with E-state index >= 15 is 0 Å². The topological polar surface area (TPSA) is 80.1 Å². The standard InChI is InChI=1S/C7H8N2O3S/c8-6-13(10,11)12-5-7-3-1-2-4-9-7/h1-4,6,8H,5H2. The van der Waals surface area contributed by atoms with Gasteiger partial charge in [-0.25, -0.2) is 0 Å². The van der Waals surface area contributed by atoms with Crippen LogP contribution >= 0.6 is 0 Å². The molecule has 0 amide bonds. The summed E-state index contributed by atoms with van der Waals surface area (Å²) in [5, 5.41) is 6.51. The molecule has 0 aromatic carbocycles. The average Bonchev–Trinajstić information content (AvgIpc) is 2.17. The molecule has 0 unspecified atom stereocenters. The van der Waals surface area contributed by atoms with Crippen molar-refractivity contribution in [2.45, 2.75) is 6.61 Å². The zero-order valence-corrected chi connectivity index (χ0v) is 7.49. The van der Waals surface area contributed by atoms with Crippen LogP contribution < -0.4 is 0 Å². The van der Waals surface area contributed by atoms with Gasteiger partial charge in [0.2, 0.25) is 0 Å². The molecule has 0 saturated heterocycles. The van der Waals surface area contributed by atoms with E-state index in [0.717, 1.165) is 0 Å². The first-order valence-corrected chi connectivity index (χ1v) is 4.91. The van der Waals surface area contributed by atoms with Crippen LogP contribution in [0.25, 0.3) is 0 Å². The second-order valence-corrected chi connectivity index (χ2v) is 3.65. The van der Waals surface area contributed by atoms with Crippen molar-refractivity contribution in [1.29, 1.82) is 5.41 Å². The van der Waals surface area contributed by atoms with E-state index in [1.165, 1.54) is 6.20 Å². The summed E-state index contributed by atoms with van der Waals surface area (Å²) in [5.41, 5.74) is 0.767. The van der Waals surface area contributed by atoms with Gasteiger partial charge in [-0.05, 0) is 12.1 Å². The summed E-state index contributed by atoms with van der Waals surface area (Å²) in [4.78, 5) is 3.85. The monoisotopic (exact) mass is 200 g/mol. The predicted octanol–water partition coefficient (Wildman–Crippen LogP) is 0.535. The molecule has 1 aromatic rings. The number of hydrogen-bond donors (Lipinski definition) is 1. The van der Waals surface area contributed by atoms with Crippen molar-refractivity contribution >= 4 is 15.7 Å². The fraction of sp³-hybridized carbons (Fsp3) is 0.143. The average molecular weight is 200 g/mol. The highest BCUT2D eigenvalue weighted by Crippen LogP contribution is 1.99. The Morgan fingerprint density at radius 2 is 2.31 bits per heavy atom. The van der Waals surface area contributed by atoms with Crippen molar-refractivity contribution in [2.75, 3.05) is 0 Å². The number of hydrogen-bond acceptors (Lipinski definition) is 5. The Labute approximate surface area is 76.0 Å². The van der Waals surface area contributed by atoms with Crippen molar-refractivity contribution in [1.82, 2.24) is 4.98 Å². The van der Waals surface area contributed by atoms with E-state index in [1.807, 2.05) is 0 Å². The van der Waals surface area contributed by atoms with Gasteiger partial charge in [0.1, 0.15) is 12.2 Å². The quantitative estimate of drug-likeness (QED) is 0.437. The molecule has 0 aliphatic heterocycles. The largest absolute Gasteiger partial charge is 0.307 e. The van der Waals surface area contributed by atoms with E-state index in [1.54, 1.807) is 18.2 Å². The van der Waals surface area contributed by atoms with Gasteiger partial charge in [0, 0.05) is 6.20 Å². The normalized spacial score (nSPS) is 11.1. The minimum absolute atomic E-state index is 0.140. The van der Waals surface area contributed by atoms with E-state index in [4.69, 9.17) is 5.41 Å². The van der Waals surface area contributed by atoms with Gasteiger partial charge in [0.25, 0.3) is 0 Å². The van der Waals surface area contributed by atoms with Crippen molar-refractivity contribution in [3.05, 3.63) is 30.1 Å². The number of pyridine rings is 1. The Hall–Kier alpha value is -1.27. The molecule has 0 atom stereocenters. The van der Waals surface area contributed by atoms with Crippen molar-refractivity contribution in [3.63, 3.8) is 0 Å². The Morgan fingerprint density at radius 1 is 1.54 bits per heavy atom. The molecule has 1 N–H and O–H groups in total. The summed E-state index contributed by atoms with van der Waals surface area (Å²) < 4.78 is 25.8. The molecular formula is C7H8N2O3S. The zero-order valence-electron chi connectivity index (χ0n) is 6.67. The van der Waals surface area contributed by atoms with Crippen LogP contribution in [0.4, 0.5) is 0 Å². The summed E-state index contributed by atoms with van der Waals surface area (Å²) >= 11 is 0. The van der Waals surface area contributed by atoms with E-state index in [9.17, 15) is 8.42 Å². The molecule has 1 rings (SSSR count). The molecule has 0 radical (unpaired) electrons. The first-order chi connectivity index (χ1) is 6.14. The summed E-state index contributed by atoms with van der Waals surface area (Å²) in [7, 11) is -3.82. The van der Waals surface area contributed by atoms with Gasteiger partial charge in [-0.15, -0.1) is 0 Å². The molecule has 0 aliphatic rings. The van der Waals surface area contributed by atoms with Gasteiger partial charge in [0.05, 0.1) is 5.69 Å². The zero-order chi connectivity index (χ0) is 9.73. The van der Waals surface area contributed by atoms with Crippen LogP contribution in [0.1, 0.15) is 5.69 Å². The molecule has 1 heterocycles. The summed E-state index contributed by atoms with van der Waals surface area (Å²) in [5.74, 6) is 0. The van der Waals surface area contributed by atoms with Crippen LogP contribution in [0.15, 0.2) is 24.4 Å². The van der Waals surface area contributed by atoms with Crippen LogP contribution in [-0.4, -0.2) is 18.9 Å². The maximum Gasteiger partial charge on any atom is 0.307 e. The van der Waals surface area contributed by atoms with Gasteiger partial charge in [0.15, 0.2) is 0 Å². The second kappa shape index (κ2) is 4.11. The summed E-state index contributed by atoms with van der Waals surface area (Å²) in [6.45, 7) is -0.140. The van der Waals surface area contributed by atoms with Crippen LogP contribution in [0.2, 0.25) is 0 Å². The van der Waals surface area contributed by atoms with Crippen molar-refractivity contribution < 1.29 is 12.6 Å². The lowest BCUT2D eigenvalue weighted by Crippen LogP contribution is -2.06. The lowest BCUT2D eigenvalue weighted by molar-refractivity contribution is 0.312. The Morgan fingerprint density at radius 3 is 2.85 bits per heavy atom. The number of nitrogens with zero attached hydrogens (tertiary/aromatic N) is 1. The van der Waals surface area contributed by atoms with E-state index in [2.05, 4.69) is 9.17 Å². The minimum Gasteiger partial charge on any atom is -0.295 e. The first-order valence-electron chi connectivity index (χ1n) is 3.44. The maximum atomic E-state index is 10.7. The van der Waals surface area contributed by atoms with Gasteiger partial charge in [-0.3, -0.25) is 14.6 Å². The van der Waals surface area contributed by atoms with Gasteiger partial charge in [-0.2, -0.15) is 8.42 Å². The molecule has 1 aromatic heterocycles. The molecule has 13 heavy (non-hydrogen) atoms. The minimum atomic E-state index is -3.82. The lowest BCUT2D eigenvalue weighted by atomic mass is 10.4. The third-order valence-corrected chi connectivity index (χ3v) is 1.98. The van der Waals surface area contributed by atoms with E-state index < -0.39 is 10.1 Å². The molecule has 5 nitrogen and oxygen atoms in total. The van der Waals surface area contributed by atoms with Crippen LogP contribution in [-0.2, 0) is 20.9 Å². The third-order valence-electron chi connectivity index (χ3n) is 1.24. The fourth-order valence-corrected chi connectivity index (χ4v) is 1.01. The van der Waals surface area contributed by atoms with Crippen LogP contribution in [0, 0.1) is 5.41 Å². The molecule has 70 valence electrons. The Bertz CT molecular complexity index is 374. The predicted molar refractivity (Wildman–Crippen MR) is 46.7 cm³/mol. The summed E-state index contributed by atoms with van der Waals surface area (Å²) in [6, 6.07) is 5.08. The number of rotatable bonds is 4. The van der Waals surface area contributed by atoms with E-state index in [0.29, 0.717) is 5.69 Å². The highest BCUT2D eigenvalue weighted by atomic mass is 32.2. The van der Waals surface area contributed by atoms with Gasteiger partial charge < -0.3 is 0 Å². The molecule has 0 bridgehead atoms. The molecular weight excluding hydrogens is 192 g/mol. The second-order valence-electron chi connectivity index (χ2n) is 2.19. The summed E-state index contributed by atoms with van der Waals surface area (Å²) in [6.07, 6.45) is 1.54. The van der Waals surface area contributed by atoms with Gasteiger partial charge in [-0.1, -0.05) is 6.07 Å². The van der Waals surface area contributed by atoms with E-state index in [-0.39, 0.29) is 12.2 Å². The number of nitrogens with one attached hydrogen (secondary N) is 1. The van der Waals surface area contributed by atoms with Crippen LogP contribution in [0.3, 0.4) is 0 Å². The van der Waals surface area contributed by atoms with Crippen LogP contribution in [0.5, 0.6) is 0 Å². The smallest absolute Gasteiger partial charge is 0.295 e. The SMILES string of the molecule is N=CS(=O)(=O)OCc1ccccn1. The first kappa shape index (κ1) is 9.82. The molecule has 0 spiro atoms. The number of aromatic nitrogens is 1. The molecule has 6 heteroatoms. The Balaban J connectivity index is 2.59. The molecule has 0 aliphatic carbocycles. The molecule has 0 saturated carbocycles. The highest BCUT2D eigenvalue weighted by Gasteiger charge is 2.06. The Kier molecular flexibility index (Phi) is 3.10. The highest BCUT2D eigenvalue weighted by molar-refractivity contribution is 8.00. The third kappa shape index (κ3) is 3.30.